The summed E-state index contributed by atoms with van der Waals surface area (Å²) in [4.78, 5) is 35.5. The number of benzene rings is 1. The Bertz CT molecular complexity index is 562. The number of amides is 2. The molecule has 1 aliphatic heterocycles. The van der Waals surface area contributed by atoms with Gasteiger partial charge in [-0.3, -0.25) is 9.59 Å². The number of ketones is 1. The van der Waals surface area contributed by atoms with Gasteiger partial charge in [0.05, 0.1) is 5.92 Å². The lowest BCUT2D eigenvalue weighted by Gasteiger charge is -2.41. The minimum absolute atomic E-state index is 0.00772. The van der Waals surface area contributed by atoms with Gasteiger partial charge >= 0.3 is 12.0 Å². The van der Waals surface area contributed by atoms with Crippen molar-refractivity contribution in [2.45, 2.75) is 13.8 Å². The molecule has 1 saturated heterocycles. The molecule has 0 bridgehead atoms. The van der Waals surface area contributed by atoms with Crippen LogP contribution in [0.2, 0.25) is 0 Å². The van der Waals surface area contributed by atoms with Gasteiger partial charge in [-0.25, -0.2) is 4.79 Å². The first-order chi connectivity index (χ1) is 9.88. The highest BCUT2D eigenvalue weighted by molar-refractivity contribution is 5.95. The molecule has 6 nitrogen and oxygen atoms in total. The fourth-order valence-corrected chi connectivity index (χ4v) is 2.19. The van der Waals surface area contributed by atoms with Crippen molar-refractivity contribution < 1.29 is 19.5 Å². The zero-order chi connectivity index (χ0) is 15.6. The van der Waals surface area contributed by atoms with Crippen molar-refractivity contribution in [1.82, 2.24) is 4.90 Å². The Morgan fingerprint density at radius 3 is 2.29 bits per heavy atom. The van der Waals surface area contributed by atoms with Crippen molar-refractivity contribution in [3.8, 4) is 0 Å². The van der Waals surface area contributed by atoms with E-state index in [1.54, 1.807) is 36.1 Å². The third-order valence-corrected chi connectivity index (χ3v) is 3.84. The molecular formula is C15H18N2O4. The smallest absolute Gasteiger partial charge is 0.321 e. The van der Waals surface area contributed by atoms with Crippen LogP contribution < -0.4 is 5.32 Å². The van der Waals surface area contributed by atoms with E-state index in [1.807, 2.05) is 0 Å². The molecule has 1 aromatic carbocycles. The maximum atomic E-state index is 12.0. The molecule has 2 amide bonds. The van der Waals surface area contributed by atoms with Crippen LogP contribution in [0.1, 0.15) is 24.2 Å². The number of likely N-dealkylation sites (tertiary alicyclic amines) is 1. The van der Waals surface area contributed by atoms with Crippen molar-refractivity contribution >= 4 is 23.5 Å². The van der Waals surface area contributed by atoms with Gasteiger partial charge in [0.2, 0.25) is 0 Å². The molecule has 0 aromatic heterocycles. The molecule has 21 heavy (non-hydrogen) atoms. The lowest BCUT2D eigenvalue weighted by atomic mass is 9.87. The van der Waals surface area contributed by atoms with E-state index in [1.165, 1.54) is 6.92 Å². The van der Waals surface area contributed by atoms with Crippen LogP contribution in [0.5, 0.6) is 0 Å². The first-order valence-corrected chi connectivity index (χ1v) is 6.78. The number of carboxylic acid groups (broad SMARTS) is 1. The average Bonchev–Trinajstić information content (AvgIpc) is 2.37. The summed E-state index contributed by atoms with van der Waals surface area (Å²) in [5.41, 5.74) is 1.20. The van der Waals surface area contributed by atoms with Gasteiger partial charge in [0.1, 0.15) is 0 Å². The van der Waals surface area contributed by atoms with E-state index in [4.69, 9.17) is 5.11 Å². The number of nitrogens with one attached hydrogen (secondary N) is 1. The molecule has 112 valence electrons. The summed E-state index contributed by atoms with van der Waals surface area (Å²) in [5.74, 6) is -1.29. The van der Waals surface area contributed by atoms with E-state index in [0.29, 0.717) is 24.3 Å². The normalized spacial score (nSPS) is 16.0. The summed E-state index contributed by atoms with van der Waals surface area (Å²) in [6.07, 6.45) is 0. The highest BCUT2D eigenvalue weighted by Gasteiger charge is 2.37. The second kappa shape index (κ2) is 5.95. The SMILES string of the molecule is CC(=O)c1ccc(NC(=O)N2CC(C(C)C(=O)O)C2)cc1. The fraction of sp³-hybridized carbons (Fsp3) is 0.400. The first-order valence-electron chi connectivity index (χ1n) is 6.78. The topological polar surface area (TPSA) is 86.7 Å². The van der Waals surface area contributed by atoms with E-state index in [0.717, 1.165) is 0 Å². The first kappa shape index (κ1) is 15.0. The number of urea groups is 1. The van der Waals surface area contributed by atoms with Gasteiger partial charge in [-0.05, 0) is 31.2 Å². The predicted molar refractivity (Wildman–Crippen MR) is 77.3 cm³/mol. The van der Waals surface area contributed by atoms with Crippen LogP contribution in [0.3, 0.4) is 0 Å². The third-order valence-electron chi connectivity index (χ3n) is 3.84. The molecule has 2 N–H and O–H groups in total. The molecule has 1 heterocycles. The average molecular weight is 290 g/mol. The monoisotopic (exact) mass is 290 g/mol. The number of carboxylic acids is 1. The minimum atomic E-state index is -0.833. The van der Waals surface area contributed by atoms with Gasteiger partial charge in [-0.1, -0.05) is 6.92 Å². The number of aliphatic carboxylic acids is 1. The fourth-order valence-electron chi connectivity index (χ4n) is 2.19. The third kappa shape index (κ3) is 3.39. The zero-order valence-corrected chi connectivity index (χ0v) is 12.0. The van der Waals surface area contributed by atoms with Crippen LogP contribution >= 0.6 is 0 Å². The minimum Gasteiger partial charge on any atom is -0.481 e. The van der Waals surface area contributed by atoms with Gasteiger partial charge in [0.15, 0.2) is 5.78 Å². The van der Waals surface area contributed by atoms with Crippen molar-refractivity contribution in [3.63, 3.8) is 0 Å². The number of anilines is 1. The Balaban J connectivity index is 1.86. The van der Waals surface area contributed by atoms with Crippen LogP contribution in [-0.4, -0.2) is 40.9 Å². The van der Waals surface area contributed by atoms with Gasteiger partial charge in [0, 0.05) is 30.3 Å². The number of carbonyl (C=O) groups excluding carboxylic acids is 2. The van der Waals surface area contributed by atoms with E-state index >= 15 is 0 Å². The molecule has 6 heteroatoms. The number of hydrogen-bond donors (Lipinski definition) is 2. The Morgan fingerprint density at radius 1 is 1.24 bits per heavy atom. The molecule has 0 saturated carbocycles. The van der Waals surface area contributed by atoms with Crippen LogP contribution in [0, 0.1) is 11.8 Å². The van der Waals surface area contributed by atoms with Crippen molar-refractivity contribution in [2.75, 3.05) is 18.4 Å². The lowest BCUT2D eigenvalue weighted by molar-refractivity contribution is -0.144. The Labute approximate surface area is 122 Å². The van der Waals surface area contributed by atoms with Crippen LogP contribution in [0.4, 0.5) is 10.5 Å². The van der Waals surface area contributed by atoms with E-state index in [2.05, 4.69) is 5.32 Å². The number of Topliss-reactive ketones (excluding diaryl/α,β-unsaturated/α-hetero) is 1. The van der Waals surface area contributed by atoms with Crippen molar-refractivity contribution in [1.29, 1.82) is 0 Å². The predicted octanol–water partition coefficient (Wildman–Crippen LogP) is 2.07. The Hall–Kier alpha value is -2.37. The summed E-state index contributed by atoms with van der Waals surface area (Å²) in [6.45, 7) is 4.04. The summed E-state index contributed by atoms with van der Waals surface area (Å²) in [7, 11) is 0. The summed E-state index contributed by atoms with van der Waals surface area (Å²) in [5, 5.41) is 11.6. The summed E-state index contributed by atoms with van der Waals surface area (Å²) in [6, 6.07) is 6.41. The molecule has 1 fully saturated rings. The number of hydrogen-bond acceptors (Lipinski definition) is 3. The molecule has 0 spiro atoms. The van der Waals surface area contributed by atoms with Crippen LogP contribution in [0.15, 0.2) is 24.3 Å². The standard InChI is InChI=1S/C15H18N2O4/c1-9(14(19)20)12-7-17(8-12)15(21)16-13-5-3-11(4-6-13)10(2)18/h3-6,9,12H,7-8H2,1-2H3,(H,16,21)(H,19,20). The maximum absolute atomic E-state index is 12.0. The van der Waals surface area contributed by atoms with E-state index < -0.39 is 11.9 Å². The lowest BCUT2D eigenvalue weighted by Crippen LogP contribution is -2.54. The Kier molecular flexibility index (Phi) is 4.26. The second-order valence-electron chi connectivity index (χ2n) is 5.36. The zero-order valence-electron chi connectivity index (χ0n) is 12.0. The molecule has 0 radical (unpaired) electrons. The molecular weight excluding hydrogens is 272 g/mol. The molecule has 0 aliphatic carbocycles. The van der Waals surface area contributed by atoms with E-state index in [9.17, 15) is 14.4 Å². The summed E-state index contributed by atoms with van der Waals surface area (Å²) < 4.78 is 0. The van der Waals surface area contributed by atoms with E-state index in [-0.39, 0.29) is 17.7 Å². The quantitative estimate of drug-likeness (QED) is 0.831. The van der Waals surface area contributed by atoms with Gasteiger partial charge < -0.3 is 15.3 Å². The largest absolute Gasteiger partial charge is 0.481 e. The van der Waals surface area contributed by atoms with Gasteiger partial charge in [-0.15, -0.1) is 0 Å². The highest BCUT2D eigenvalue weighted by Crippen LogP contribution is 2.24. The van der Waals surface area contributed by atoms with Crippen molar-refractivity contribution in [3.05, 3.63) is 29.8 Å². The number of nitrogens with zero attached hydrogens (tertiary/aromatic N) is 1. The number of rotatable bonds is 4. The molecule has 1 unspecified atom stereocenters. The van der Waals surface area contributed by atoms with Gasteiger partial charge in [-0.2, -0.15) is 0 Å². The van der Waals surface area contributed by atoms with Gasteiger partial charge in [0.25, 0.3) is 0 Å². The number of carbonyl (C=O) groups is 3. The maximum Gasteiger partial charge on any atom is 0.321 e. The molecule has 1 aromatic rings. The van der Waals surface area contributed by atoms with Crippen LogP contribution in [-0.2, 0) is 4.79 Å². The Morgan fingerprint density at radius 2 is 1.81 bits per heavy atom. The molecule has 1 aliphatic rings. The summed E-state index contributed by atoms with van der Waals surface area (Å²) >= 11 is 0. The van der Waals surface area contributed by atoms with Crippen LogP contribution in [0.25, 0.3) is 0 Å². The molecule has 2 rings (SSSR count). The second-order valence-corrected chi connectivity index (χ2v) is 5.36. The highest BCUT2D eigenvalue weighted by atomic mass is 16.4. The molecule has 1 atom stereocenters. The van der Waals surface area contributed by atoms with Crippen molar-refractivity contribution in [2.24, 2.45) is 11.8 Å².